The molecule has 0 N–H and O–H groups in total. The summed E-state index contributed by atoms with van der Waals surface area (Å²) in [4.78, 5) is 0. The maximum Gasteiger partial charge on any atom is 4.00 e. The van der Waals surface area contributed by atoms with E-state index in [4.69, 9.17) is 0 Å². The summed E-state index contributed by atoms with van der Waals surface area (Å²) in [5.74, 6) is 0.287. The van der Waals surface area contributed by atoms with Gasteiger partial charge in [-0.2, -0.15) is 0 Å². The Balaban J connectivity index is 0.000000356. The summed E-state index contributed by atoms with van der Waals surface area (Å²) in [6.07, 6.45) is 0. The molecule has 0 saturated heterocycles. The first kappa shape index (κ1) is 25.8. The minimum Gasteiger partial charge on any atom is -0.872 e. The van der Waals surface area contributed by atoms with Crippen LogP contribution in [0.25, 0.3) is 0 Å². The first-order valence-corrected chi connectivity index (χ1v) is 8.46. The Labute approximate surface area is 185 Å². The van der Waals surface area contributed by atoms with E-state index in [1.54, 1.807) is 48.5 Å². The van der Waals surface area contributed by atoms with Crippen molar-refractivity contribution in [1.29, 1.82) is 0 Å². The van der Waals surface area contributed by atoms with Gasteiger partial charge < -0.3 is 20.4 Å². The van der Waals surface area contributed by atoms with Gasteiger partial charge in [0.1, 0.15) is 0 Å². The van der Waals surface area contributed by atoms with E-state index >= 15 is 0 Å². The summed E-state index contributed by atoms with van der Waals surface area (Å²) in [6.45, 7) is 0. The van der Waals surface area contributed by atoms with Gasteiger partial charge >= 0.3 is 21.1 Å². The Morgan fingerprint density at radius 3 is 0.483 bits per heavy atom. The second-order valence-electron chi connectivity index (χ2n) is 5.25. The molecule has 4 aromatic carbocycles. The molecular formula is C24H20O4Pt. The van der Waals surface area contributed by atoms with Gasteiger partial charge in [-0.25, -0.2) is 0 Å². The van der Waals surface area contributed by atoms with Crippen molar-refractivity contribution in [3.8, 4) is 23.0 Å². The molecule has 5 heteroatoms. The third-order valence-corrected chi connectivity index (χ3v) is 2.97. The molecular weight excluding hydrogens is 547 g/mol. The number of para-hydroxylation sites is 4. The van der Waals surface area contributed by atoms with Crippen LogP contribution in [0.1, 0.15) is 0 Å². The van der Waals surface area contributed by atoms with Crippen LogP contribution in [-0.2, 0) is 21.1 Å². The van der Waals surface area contributed by atoms with Crippen molar-refractivity contribution in [2.75, 3.05) is 0 Å². The standard InChI is InChI=1S/4C6H6O.Pt/c4*7-6-4-2-1-3-5-6;/h4*1-5,7H;/q;;;;+4/p-4. The molecule has 0 aliphatic rings. The Kier molecular flexibility index (Phi) is 15.0. The van der Waals surface area contributed by atoms with Crippen LogP contribution >= 0.6 is 0 Å². The predicted molar refractivity (Wildman–Crippen MR) is 104 cm³/mol. The van der Waals surface area contributed by atoms with E-state index in [1.807, 2.05) is 24.3 Å². The second kappa shape index (κ2) is 16.9. The van der Waals surface area contributed by atoms with Gasteiger partial charge in [0.25, 0.3) is 0 Å². The molecule has 0 amide bonds. The monoisotopic (exact) mass is 567 g/mol. The summed E-state index contributed by atoms with van der Waals surface area (Å²) < 4.78 is 0. The van der Waals surface area contributed by atoms with Crippen LogP contribution in [0.15, 0.2) is 121 Å². The first-order valence-electron chi connectivity index (χ1n) is 8.46. The van der Waals surface area contributed by atoms with Gasteiger partial charge in [0, 0.05) is 0 Å². The van der Waals surface area contributed by atoms with Crippen molar-refractivity contribution >= 4 is 0 Å². The van der Waals surface area contributed by atoms with Crippen molar-refractivity contribution in [3.05, 3.63) is 121 Å². The number of hydrogen-bond donors (Lipinski definition) is 0. The molecule has 0 fully saturated rings. The molecule has 0 aliphatic heterocycles. The van der Waals surface area contributed by atoms with Crippen LogP contribution in [0.5, 0.6) is 23.0 Å². The van der Waals surface area contributed by atoms with Crippen molar-refractivity contribution in [1.82, 2.24) is 0 Å². The third-order valence-electron chi connectivity index (χ3n) is 2.97. The second-order valence-corrected chi connectivity index (χ2v) is 5.25. The van der Waals surface area contributed by atoms with Gasteiger partial charge in [-0.05, 0) is 0 Å². The van der Waals surface area contributed by atoms with E-state index in [2.05, 4.69) is 0 Å². The first-order chi connectivity index (χ1) is 13.6. The summed E-state index contributed by atoms with van der Waals surface area (Å²) in [6, 6.07) is 33.3. The summed E-state index contributed by atoms with van der Waals surface area (Å²) in [5.41, 5.74) is 0. The largest absolute Gasteiger partial charge is 4.00 e. The average Bonchev–Trinajstić information content (AvgIpc) is 2.72. The quantitative estimate of drug-likeness (QED) is 0.327. The Morgan fingerprint density at radius 2 is 0.414 bits per heavy atom. The zero-order chi connectivity index (χ0) is 20.5. The summed E-state index contributed by atoms with van der Waals surface area (Å²) in [7, 11) is 0. The smallest absolute Gasteiger partial charge is 0.872 e. The fourth-order valence-electron chi connectivity index (χ4n) is 1.68. The van der Waals surface area contributed by atoms with Crippen molar-refractivity contribution in [2.45, 2.75) is 0 Å². The molecule has 0 aromatic heterocycles. The van der Waals surface area contributed by atoms with Gasteiger partial charge in [0.2, 0.25) is 0 Å². The Bertz CT molecular complexity index is 693. The van der Waals surface area contributed by atoms with Crippen LogP contribution in [0.3, 0.4) is 0 Å². The summed E-state index contributed by atoms with van der Waals surface area (Å²) >= 11 is 0. The van der Waals surface area contributed by atoms with Crippen molar-refractivity contribution in [3.63, 3.8) is 0 Å². The molecule has 0 spiro atoms. The minimum atomic E-state index is 0. The van der Waals surface area contributed by atoms with Crippen molar-refractivity contribution in [2.24, 2.45) is 0 Å². The maximum absolute atomic E-state index is 10.3. The normalized spacial score (nSPS) is 8.28. The fourth-order valence-corrected chi connectivity index (χ4v) is 1.68. The Hall–Kier alpha value is -3.23. The molecule has 0 saturated carbocycles. The molecule has 150 valence electrons. The van der Waals surface area contributed by atoms with E-state index in [-0.39, 0.29) is 44.1 Å². The van der Waals surface area contributed by atoms with E-state index in [0.717, 1.165) is 0 Å². The van der Waals surface area contributed by atoms with E-state index in [9.17, 15) is 20.4 Å². The van der Waals surface area contributed by atoms with Gasteiger partial charge in [0.15, 0.2) is 0 Å². The van der Waals surface area contributed by atoms with Gasteiger partial charge in [-0.1, -0.05) is 121 Å². The number of benzene rings is 4. The Morgan fingerprint density at radius 1 is 0.276 bits per heavy atom. The van der Waals surface area contributed by atoms with Crippen LogP contribution in [-0.4, -0.2) is 0 Å². The molecule has 0 unspecified atom stereocenters. The molecule has 29 heavy (non-hydrogen) atoms. The molecule has 4 nitrogen and oxygen atoms in total. The van der Waals surface area contributed by atoms with Crippen LogP contribution in [0.4, 0.5) is 0 Å². The molecule has 4 rings (SSSR count). The summed E-state index contributed by atoms with van der Waals surface area (Å²) in [5, 5.41) is 41.1. The molecule has 0 aliphatic carbocycles. The van der Waals surface area contributed by atoms with E-state index in [0.29, 0.717) is 0 Å². The molecule has 0 atom stereocenters. The zero-order valence-electron chi connectivity index (χ0n) is 15.5. The topological polar surface area (TPSA) is 92.2 Å². The SMILES string of the molecule is [O-]c1ccccc1.[O-]c1ccccc1.[O-]c1ccccc1.[O-]c1ccccc1.[Pt+4]. The van der Waals surface area contributed by atoms with Gasteiger partial charge in [-0.15, -0.1) is 23.0 Å². The number of hydrogen-bond acceptors (Lipinski definition) is 4. The third kappa shape index (κ3) is 15.5. The molecule has 4 aromatic rings. The molecule has 0 radical (unpaired) electrons. The van der Waals surface area contributed by atoms with Crippen LogP contribution < -0.4 is 20.4 Å². The minimum absolute atomic E-state index is 0. The predicted octanol–water partition coefficient (Wildman–Crippen LogP) is 3.04. The molecule has 0 heterocycles. The zero-order valence-corrected chi connectivity index (χ0v) is 17.8. The van der Waals surface area contributed by atoms with E-state index < -0.39 is 0 Å². The van der Waals surface area contributed by atoms with Gasteiger partial charge in [0.05, 0.1) is 0 Å². The van der Waals surface area contributed by atoms with Crippen molar-refractivity contribution < 1.29 is 41.5 Å². The molecule has 0 bridgehead atoms. The average molecular weight is 567 g/mol. The van der Waals surface area contributed by atoms with Gasteiger partial charge in [-0.3, -0.25) is 0 Å². The van der Waals surface area contributed by atoms with Crippen LogP contribution in [0, 0.1) is 0 Å². The number of rotatable bonds is 0. The van der Waals surface area contributed by atoms with Crippen LogP contribution in [0.2, 0.25) is 0 Å². The maximum atomic E-state index is 10.3. The van der Waals surface area contributed by atoms with E-state index in [1.165, 1.54) is 48.5 Å². The fraction of sp³-hybridized carbons (Fsp3) is 0.